The average molecular weight is 403 g/mol. The minimum absolute atomic E-state index is 0.0637. The number of hydrogen-bond acceptors (Lipinski definition) is 6. The van der Waals surface area contributed by atoms with Gasteiger partial charge in [0.25, 0.3) is 0 Å². The van der Waals surface area contributed by atoms with Crippen LogP contribution in [0.15, 0.2) is 33.6 Å². The molecule has 1 fully saturated rings. The molecule has 2 N–H and O–H groups in total. The molecule has 0 radical (unpaired) electrons. The van der Waals surface area contributed by atoms with Crippen molar-refractivity contribution in [2.75, 3.05) is 18.8 Å². The van der Waals surface area contributed by atoms with Crippen LogP contribution in [-0.2, 0) is 10.0 Å². The number of hydrogen-bond donors (Lipinski definition) is 1. The zero-order valence-corrected chi connectivity index (χ0v) is 14.9. The maximum absolute atomic E-state index is 12.7. The third-order valence-corrected chi connectivity index (χ3v) is 6.96. The lowest BCUT2D eigenvalue weighted by Gasteiger charge is -2.30. The number of anilines is 1. The molecule has 118 valence electrons. The van der Waals surface area contributed by atoms with Crippen molar-refractivity contribution in [2.24, 2.45) is 0 Å². The Morgan fingerprint density at radius 2 is 2.00 bits per heavy atom. The number of nitrogen functional groups attached to an aromatic ring is 1. The number of aromatic nitrogens is 2. The highest BCUT2D eigenvalue weighted by Crippen LogP contribution is 2.32. The zero-order chi connectivity index (χ0) is 15.7. The first-order valence-corrected chi connectivity index (χ1v) is 9.86. The number of halogens is 1. The van der Waals surface area contributed by atoms with E-state index in [0.29, 0.717) is 23.1 Å². The zero-order valence-electron chi connectivity index (χ0n) is 11.6. The molecule has 0 amide bonds. The summed E-state index contributed by atoms with van der Waals surface area (Å²) in [6.07, 6.45) is 1.71. The number of benzene rings is 1. The van der Waals surface area contributed by atoms with Gasteiger partial charge in [0, 0.05) is 23.5 Å². The van der Waals surface area contributed by atoms with Crippen molar-refractivity contribution in [3.8, 4) is 0 Å². The van der Waals surface area contributed by atoms with Gasteiger partial charge >= 0.3 is 0 Å². The van der Waals surface area contributed by atoms with Crippen LogP contribution in [0, 0.1) is 0 Å². The van der Waals surface area contributed by atoms with Crippen LogP contribution in [0.3, 0.4) is 0 Å². The summed E-state index contributed by atoms with van der Waals surface area (Å²) in [4.78, 5) is 0.313. The van der Waals surface area contributed by atoms with E-state index in [2.05, 4.69) is 26.1 Å². The summed E-state index contributed by atoms with van der Waals surface area (Å²) in [5.41, 5.74) is 5.62. The Morgan fingerprint density at radius 1 is 1.27 bits per heavy atom. The normalized spacial score (nSPS) is 20.1. The van der Waals surface area contributed by atoms with E-state index in [9.17, 15) is 8.42 Å². The third-order valence-electron chi connectivity index (χ3n) is 3.64. The molecular weight excluding hydrogens is 388 g/mol. The van der Waals surface area contributed by atoms with Gasteiger partial charge in [0.05, 0.1) is 4.90 Å². The summed E-state index contributed by atoms with van der Waals surface area (Å²) in [5.74, 6) is 0.0637. The largest absolute Gasteiger partial charge is 0.374 e. The summed E-state index contributed by atoms with van der Waals surface area (Å²) >= 11 is 4.65. The van der Waals surface area contributed by atoms with Crippen LogP contribution in [0.5, 0.6) is 0 Å². The molecule has 1 aromatic heterocycles. The van der Waals surface area contributed by atoms with Gasteiger partial charge < -0.3 is 5.73 Å². The monoisotopic (exact) mass is 402 g/mol. The molecule has 0 bridgehead atoms. The average Bonchev–Trinajstić information content (AvgIpc) is 2.94. The first-order chi connectivity index (χ1) is 10.5. The molecular formula is C13H15BrN4O2S2. The Hall–Kier alpha value is -1.03. The maximum atomic E-state index is 12.7. The van der Waals surface area contributed by atoms with Crippen molar-refractivity contribution in [1.82, 2.24) is 14.5 Å². The minimum Gasteiger partial charge on any atom is -0.374 e. The second-order valence-electron chi connectivity index (χ2n) is 5.13. The quantitative estimate of drug-likeness (QED) is 0.851. The van der Waals surface area contributed by atoms with Gasteiger partial charge in [0.15, 0.2) is 0 Å². The highest BCUT2D eigenvalue weighted by molar-refractivity contribution is 9.10. The van der Waals surface area contributed by atoms with Crippen molar-refractivity contribution in [3.05, 3.63) is 33.7 Å². The van der Waals surface area contributed by atoms with E-state index in [1.807, 2.05) is 0 Å². The lowest BCUT2D eigenvalue weighted by Crippen LogP contribution is -2.39. The third kappa shape index (κ3) is 3.17. The van der Waals surface area contributed by atoms with E-state index < -0.39 is 10.0 Å². The predicted molar refractivity (Wildman–Crippen MR) is 89.2 cm³/mol. The van der Waals surface area contributed by atoms with E-state index >= 15 is 0 Å². The predicted octanol–water partition coefficient (Wildman–Crippen LogP) is 2.45. The van der Waals surface area contributed by atoms with Gasteiger partial charge in [-0.3, -0.25) is 0 Å². The molecule has 2 aromatic rings. The molecule has 3 rings (SSSR count). The first kappa shape index (κ1) is 15.9. The summed E-state index contributed by atoms with van der Waals surface area (Å²) in [5, 5.41) is 9.11. The Kier molecular flexibility index (Phi) is 4.49. The number of rotatable bonds is 3. The second kappa shape index (κ2) is 6.23. The molecule has 0 saturated carbocycles. The van der Waals surface area contributed by atoms with E-state index in [1.165, 1.54) is 15.6 Å². The van der Waals surface area contributed by atoms with Gasteiger partial charge in [0.1, 0.15) is 5.01 Å². The Labute approximate surface area is 141 Å². The SMILES string of the molecule is Nc1nnc(C2CCCN(S(=O)(=O)c3ccc(Br)cc3)C2)s1. The molecule has 22 heavy (non-hydrogen) atoms. The molecule has 1 atom stereocenters. The Balaban J connectivity index is 1.83. The smallest absolute Gasteiger partial charge is 0.243 e. The fourth-order valence-corrected chi connectivity index (χ4v) is 5.05. The first-order valence-electron chi connectivity index (χ1n) is 6.81. The molecule has 1 aliphatic rings. The number of sulfonamides is 1. The van der Waals surface area contributed by atoms with Crippen LogP contribution in [0.2, 0.25) is 0 Å². The van der Waals surface area contributed by atoms with Crippen LogP contribution < -0.4 is 5.73 Å². The van der Waals surface area contributed by atoms with E-state index in [1.54, 1.807) is 24.3 Å². The van der Waals surface area contributed by atoms with Crippen LogP contribution in [0.4, 0.5) is 5.13 Å². The van der Waals surface area contributed by atoms with Crippen LogP contribution in [0.1, 0.15) is 23.8 Å². The Morgan fingerprint density at radius 3 is 2.64 bits per heavy atom. The molecule has 1 saturated heterocycles. The Bertz CT molecular complexity index is 761. The highest BCUT2D eigenvalue weighted by atomic mass is 79.9. The van der Waals surface area contributed by atoms with Gasteiger partial charge in [-0.25, -0.2) is 8.42 Å². The van der Waals surface area contributed by atoms with E-state index in [0.717, 1.165) is 22.3 Å². The molecule has 6 nitrogen and oxygen atoms in total. The van der Waals surface area contributed by atoms with Crippen molar-refractivity contribution in [3.63, 3.8) is 0 Å². The molecule has 1 aliphatic heterocycles. The van der Waals surface area contributed by atoms with Gasteiger partial charge in [-0.1, -0.05) is 27.3 Å². The van der Waals surface area contributed by atoms with Crippen LogP contribution in [0.25, 0.3) is 0 Å². The van der Waals surface area contributed by atoms with E-state index in [4.69, 9.17) is 5.73 Å². The topological polar surface area (TPSA) is 89.2 Å². The van der Waals surface area contributed by atoms with Crippen molar-refractivity contribution >= 4 is 42.4 Å². The fraction of sp³-hybridized carbons (Fsp3) is 0.385. The number of piperidine rings is 1. The summed E-state index contributed by atoms with van der Waals surface area (Å²) in [7, 11) is -3.48. The standard InChI is InChI=1S/C13H15BrN4O2S2/c14-10-3-5-11(6-4-10)22(19,20)18-7-1-2-9(8-18)12-16-17-13(15)21-12/h3-6,9H,1-2,7-8H2,(H2,15,17). The van der Waals surface area contributed by atoms with Gasteiger partial charge in [0.2, 0.25) is 15.2 Å². The van der Waals surface area contributed by atoms with Crippen molar-refractivity contribution in [2.45, 2.75) is 23.7 Å². The number of nitrogens with zero attached hydrogens (tertiary/aromatic N) is 3. The van der Waals surface area contributed by atoms with Crippen LogP contribution >= 0.6 is 27.3 Å². The molecule has 1 aromatic carbocycles. The molecule has 9 heteroatoms. The molecule has 0 spiro atoms. The molecule has 1 unspecified atom stereocenters. The maximum Gasteiger partial charge on any atom is 0.243 e. The van der Waals surface area contributed by atoms with Crippen molar-refractivity contribution < 1.29 is 8.42 Å². The van der Waals surface area contributed by atoms with Gasteiger partial charge in [-0.15, -0.1) is 10.2 Å². The molecule has 2 heterocycles. The van der Waals surface area contributed by atoms with Gasteiger partial charge in [-0.2, -0.15) is 4.31 Å². The summed E-state index contributed by atoms with van der Waals surface area (Å²) in [6.45, 7) is 0.955. The lowest BCUT2D eigenvalue weighted by molar-refractivity contribution is 0.314. The lowest BCUT2D eigenvalue weighted by atomic mass is 10.0. The summed E-state index contributed by atoms with van der Waals surface area (Å²) in [6, 6.07) is 6.71. The van der Waals surface area contributed by atoms with Crippen molar-refractivity contribution in [1.29, 1.82) is 0 Å². The van der Waals surface area contributed by atoms with Gasteiger partial charge in [-0.05, 0) is 37.1 Å². The highest BCUT2D eigenvalue weighted by Gasteiger charge is 2.32. The second-order valence-corrected chi connectivity index (χ2v) is 9.03. The van der Waals surface area contributed by atoms with E-state index in [-0.39, 0.29) is 5.92 Å². The number of nitrogens with two attached hydrogens (primary N) is 1. The minimum atomic E-state index is -3.48. The summed E-state index contributed by atoms with van der Waals surface area (Å²) < 4.78 is 27.9. The molecule has 0 aliphatic carbocycles. The van der Waals surface area contributed by atoms with Crippen LogP contribution in [-0.4, -0.2) is 36.0 Å². The fourth-order valence-electron chi connectivity index (χ4n) is 2.53.